The van der Waals surface area contributed by atoms with E-state index in [4.69, 9.17) is 27.9 Å². The van der Waals surface area contributed by atoms with Gasteiger partial charge in [-0.3, -0.25) is 9.59 Å². The fourth-order valence-electron chi connectivity index (χ4n) is 2.99. The Hall–Kier alpha value is -2.50. The van der Waals surface area contributed by atoms with E-state index in [2.05, 4.69) is 10.3 Å². The standard InChI is InChI=1S/C21H20Cl2N2O3/c1-12(16-8-7-15(22)10-18(16)23)25-21(27)13(2)28-20(26)9-14-11-24-19-6-4-3-5-17(14)19/h3-8,10-13,24H,9H2,1-2H3,(H,25,27)/t12-,13-/m1/s1. The molecule has 0 unspecified atom stereocenters. The second-order valence-corrected chi connectivity index (χ2v) is 7.41. The first-order valence-electron chi connectivity index (χ1n) is 8.85. The number of halogens is 2. The Kier molecular flexibility index (Phi) is 6.27. The smallest absolute Gasteiger partial charge is 0.311 e. The van der Waals surface area contributed by atoms with Gasteiger partial charge in [-0.15, -0.1) is 0 Å². The molecule has 28 heavy (non-hydrogen) atoms. The second-order valence-electron chi connectivity index (χ2n) is 6.56. The third kappa shape index (κ3) is 4.66. The van der Waals surface area contributed by atoms with E-state index in [0.29, 0.717) is 10.0 Å². The summed E-state index contributed by atoms with van der Waals surface area (Å²) in [5.74, 6) is -0.865. The van der Waals surface area contributed by atoms with E-state index >= 15 is 0 Å². The number of para-hydroxylation sites is 1. The average molecular weight is 419 g/mol. The zero-order valence-corrected chi connectivity index (χ0v) is 17.0. The van der Waals surface area contributed by atoms with Gasteiger partial charge < -0.3 is 15.0 Å². The number of amides is 1. The number of carbonyl (C=O) groups excluding carboxylic acids is 2. The first-order chi connectivity index (χ1) is 13.3. The number of carbonyl (C=O) groups is 2. The molecule has 0 spiro atoms. The van der Waals surface area contributed by atoms with Crippen LogP contribution in [0.25, 0.3) is 10.9 Å². The molecule has 2 atom stereocenters. The summed E-state index contributed by atoms with van der Waals surface area (Å²) in [5, 5.41) is 4.74. The topological polar surface area (TPSA) is 71.2 Å². The third-order valence-corrected chi connectivity index (χ3v) is 5.04. The van der Waals surface area contributed by atoms with Gasteiger partial charge in [-0.2, -0.15) is 0 Å². The minimum atomic E-state index is -0.925. The molecule has 0 radical (unpaired) electrons. The highest BCUT2D eigenvalue weighted by Gasteiger charge is 2.21. The molecule has 3 aromatic rings. The molecule has 0 bridgehead atoms. The molecule has 1 amide bonds. The largest absolute Gasteiger partial charge is 0.452 e. The molecule has 3 rings (SSSR count). The third-order valence-electron chi connectivity index (χ3n) is 4.47. The molecule has 0 saturated heterocycles. The quantitative estimate of drug-likeness (QED) is 0.563. The summed E-state index contributed by atoms with van der Waals surface area (Å²) in [6.07, 6.45) is 0.938. The van der Waals surface area contributed by atoms with E-state index in [1.807, 2.05) is 24.3 Å². The van der Waals surface area contributed by atoms with Crippen molar-refractivity contribution < 1.29 is 14.3 Å². The van der Waals surface area contributed by atoms with Crippen molar-refractivity contribution in [2.24, 2.45) is 0 Å². The zero-order valence-electron chi connectivity index (χ0n) is 15.5. The lowest BCUT2D eigenvalue weighted by molar-refractivity contribution is -0.154. The van der Waals surface area contributed by atoms with Crippen molar-refractivity contribution in [2.75, 3.05) is 0 Å². The fraction of sp³-hybridized carbons (Fsp3) is 0.238. The summed E-state index contributed by atoms with van der Waals surface area (Å²) >= 11 is 12.1. The molecule has 5 nitrogen and oxygen atoms in total. The van der Waals surface area contributed by atoms with Crippen LogP contribution in [-0.4, -0.2) is 23.0 Å². The van der Waals surface area contributed by atoms with Crippen molar-refractivity contribution in [3.05, 3.63) is 69.8 Å². The van der Waals surface area contributed by atoms with Crippen LogP contribution in [0.15, 0.2) is 48.7 Å². The highest BCUT2D eigenvalue weighted by atomic mass is 35.5. The van der Waals surface area contributed by atoms with E-state index in [9.17, 15) is 9.59 Å². The normalized spacial score (nSPS) is 13.1. The molecular weight excluding hydrogens is 399 g/mol. The van der Waals surface area contributed by atoms with Gasteiger partial charge in [-0.1, -0.05) is 47.5 Å². The highest BCUT2D eigenvalue weighted by molar-refractivity contribution is 6.35. The summed E-state index contributed by atoms with van der Waals surface area (Å²) in [7, 11) is 0. The van der Waals surface area contributed by atoms with Crippen molar-refractivity contribution in [3.63, 3.8) is 0 Å². The van der Waals surface area contributed by atoms with Crippen LogP contribution in [0.1, 0.15) is 31.0 Å². The minimum absolute atomic E-state index is 0.0835. The Morgan fingerprint density at radius 3 is 2.64 bits per heavy atom. The van der Waals surface area contributed by atoms with Gasteiger partial charge in [0.1, 0.15) is 0 Å². The number of aromatic nitrogens is 1. The molecule has 1 aromatic heterocycles. The van der Waals surface area contributed by atoms with Crippen LogP contribution in [0.4, 0.5) is 0 Å². The van der Waals surface area contributed by atoms with Gasteiger partial charge in [0.15, 0.2) is 6.10 Å². The molecular formula is C21H20Cl2N2O3. The van der Waals surface area contributed by atoms with Crippen molar-refractivity contribution in [3.8, 4) is 0 Å². The Morgan fingerprint density at radius 1 is 1.14 bits per heavy atom. The molecule has 146 valence electrons. The molecule has 0 aliphatic carbocycles. The van der Waals surface area contributed by atoms with Crippen molar-refractivity contribution in [1.29, 1.82) is 0 Å². The molecule has 2 N–H and O–H groups in total. The van der Waals surface area contributed by atoms with Crippen LogP contribution in [0, 0.1) is 0 Å². The number of ether oxygens (including phenoxy) is 1. The van der Waals surface area contributed by atoms with Gasteiger partial charge in [-0.25, -0.2) is 0 Å². The summed E-state index contributed by atoms with van der Waals surface area (Å²) in [5.41, 5.74) is 2.51. The number of H-pyrrole nitrogens is 1. The van der Waals surface area contributed by atoms with Crippen LogP contribution in [0.2, 0.25) is 10.0 Å². The molecule has 7 heteroatoms. The van der Waals surface area contributed by atoms with E-state index in [1.165, 1.54) is 0 Å². The maximum absolute atomic E-state index is 12.4. The first kappa shape index (κ1) is 20.2. The highest BCUT2D eigenvalue weighted by Crippen LogP contribution is 2.26. The Bertz CT molecular complexity index is 1020. The predicted octanol–water partition coefficient (Wildman–Crippen LogP) is 4.83. The van der Waals surface area contributed by atoms with Gasteiger partial charge in [0.25, 0.3) is 5.91 Å². The lowest BCUT2D eigenvalue weighted by atomic mass is 10.1. The predicted molar refractivity (Wildman–Crippen MR) is 111 cm³/mol. The molecule has 1 heterocycles. The SMILES string of the molecule is C[C@@H](OC(=O)Cc1c[nH]c2ccccc12)C(=O)N[C@H](C)c1ccc(Cl)cc1Cl. The maximum atomic E-state index is 12.4. The maximum Gasteiger partial charge on any atom is 0.311 e. The van der Waals surface area contributed by atoms with Gasteiger partial charge in [0, 0.05) is 27.1 Å². The Morgan fingerprint density at radius 2 is 1.89 bits per heavy atom. The number of nitrogens with one attached hydrogen (secondary N) is 2. The molecule has 2 aromatic carbocycles. The molecule has 0 saturated carbocycles. The van der Waals surface area contributed by atoms with Crippen LogP contribution < -0.4 is 5.32 Å². The van der Waals surface area contributed by atoms with Gasteiger partial charge in [0.2, 0.25) is 0 Å². The van der Waals surface area contributed by atoms with Crippen molar-refractivity contribution >= 4 is 46.0 Å². The van der Waals surface area contributed by atoms with E-state index < -0.39 is 18.0 Å². The monoisotopic (exact) mass is 418 g/mol. The van der Waals surface area contributed by atoms with Crippen LogP contribution >= 0.6 is 23.2 Å². The summed E-state index contributed by atoms with van der Waals surface area (Å²) in [6, 6.07) is 12.4. The van der Waals surface area contributed by atoms with Crippen molar-refractivity contribution in [1.82, 2.24) is 10.3 Å². The number of hydrogen-bond donors (Lipinski definition) is 2. The zero-order chi connectivity index (χ0) is 20.3. The summed E-state index contributed by atoms with van der Waals surface area (Å²) in [6.45, 7) is 3.34. The molecule has 0 aliphatic heterocycles. The van der Waals surface area contributed by atoms with E-state index in [-0.39, 0.29) is 12.5 Å². The first-order valence-corrected chi connectivity index (χ1v) is 9.60. The Labute approximate surface area is 173 Å². The number of esters is 1. The van der Waals surface area contributed by atoms with Crippen molar-refractivity contribution in [2.45, 2.75) is 32.4 Å². The van der Waals surface area contributed by atoms with Crippen LogP contribution in [0.3, 0.4) is 0 Å². The number of fused-ring (bicyclic) bond motifs is 1. The van der Waals surface area contributed by atoms with E-state index in [0.717, 1.165) is 22.0 Å². The fourth-order valence-corrected chi connectivity index (χ4v) is 3.56. The number of rotatable bonds is 6. The van der Waals surface area contributed by atoms with Crippen LogP contribution in [-0.2, 0) is 20.7 Å². The van der Waals surface area contributed by atoms with Gasteiger partial charge in [0.05, 0.1) is 12.5 Å². The van der Waals surface area contributed by atoms with Crippen LogP contribution in [0.5, 0.6) is 0 Å². The lowest BCUT2D eigenvalue weighted by Crippen LogP contribution is -2.37. The summed E-state index contributed by atoms with van der Waals surface area (Å²) < 4.78 is 5.30. The molecule has 0 fully saturated rings. The van der Waals surface area contributed by atoms with Gasteiger partial charge >= 0.3 is 5.97 Å². The lowest BCUT2D eigenvalue weighted by Gasteiger charge is -2.19. The Balaban J connectivity index is 1.58. The molecule has 0 aliphatic rings. The van der Waals surface area contributed by atoms with Gasteiger partial charge in [-0.05, 0) is 43.2 Å². The second kappa shape index (κ2) is 8.67. The number of aromatic amines is 1. The average Bonchev–Trinajstić information content (AvgIpc) is 3.04. The number of benzene rings is 2. The summed E-state index contributed by atoms with van der Waals surface area (Å²) in [4.78, 5) is 27.8. The van der Waals surface area contributed by atoms with E-state index in [1.54, 1.807) is 38.2 Å². The number of hydrogen-bond acceptors (Lipinski definition) is 3. The minimum Gasteiger partial charge on any atom is -0.452 e.